The third kappa shape index (κ3) is 2.23. The molecule has 3 rings (SSSR count). The summed E-state index contributed by atoms with van der Waals surface area (Å²) in [5.74, 6) is 1.88. The fraction of sp³-hybridized carbons (Fsp3) is 0.846. The fourth-order valence-corrected chi connectivity index (χ4v) is 2.64. The van der Waals surface area contributed by atoms with E-state index in [-0.39, 0.29) is 11.5 Å². The smallest absolute Gasteiger partial charge is 0.227 e. The predicted molar refractivity (Wildman–Crippen MR) is 62.6 cm³/mol. The molecule has 2 saturated carbocycles. The van der Waals surface area contributed by atoms with Crippen LogP contribution in [-0.4, -0.2) is 21.4 Å². The molecule has 4 heteroatoms. The van der Waals surface area contributed by atoms with Crippen LogP contribution in [0.3, 0.4) is 0 Å². The third-order valence-corrected chi connectivity index (χ3v) is 4.31. The van der Waals surface area contributed by atoms with Gasteiger partial charge in [0.25, 0.3) is 0 Å². The molecule has 0 amide bonds. The second kappa shape index (κ2) is 4.09. The lowest BCUT2D eigenvalue weighted by atomic mass is 9.84. The van der Waals surface area contributed by atoms with Crippen LogP contribution in [0.1, 0.15) is 57.2 Å². The number of nitrogens with zero attached hydrogens (tertiary/aromatic N) is 2. The number of hydrogen-bond acceptors (Lipinski definition) is 4. The van der Waals surface area contributed by atoms with Crippen LogP contribution in [0.2, 0.25) is 0 Å². The summed E-state index contributed by atoms with van der Waals surface area (Å²) in [5, 5.41) is 14.0. The highest BCUT2D eigenvalue weighted by Crippen LogP contribution is 2.46. The van der Waals surface area contributed by atoms with Gasteiger partial charge in [0.2, 0.25) is 5.89 Å². The Hall–Kier alpha value is -0.900. The van der Waals surface area contributed by atoms with Crippen molar-refractivity contribution in [3.05, 3.63) is 11.7 Å². The van der Waals surface area contributed by atoms with Crippen LogP contribution < -0.4 is 0 Å². The lowest BCUT2D eigenvalue weighted by Gasteiger charge is -2.26. The van der Waals surface area contributed by atoms with Gasteiger partial charge in [0.15, 0.2) is 5.82 Å². The Morgan fingerprint density at radius 2 is 2.12 bits per heavy atom. The molecule has 1 aromatic rings. The first-order chi connectivity index (χ1) is 8.17. The van der Waals surface area contributed by atoms with Crippen molar-refractivity contribution in [3.8, 4) is 0 Å². The minimum absolute atomic E-state index is 0.174. The van der Waals surface area contributed by atoms with E-state index in [0.29, 0.717) is 11.8 Å². The van der Waals surface area contributed by atoms with Gasteiger partial charge in [-0.3, -0.25) is 0 Å². The molecule has 2 unspecified atom stereocenters. The van der Waals surface area contributed by atoms with Crippen LogP contribution in [0.5, 0.6) is 0 Å². The summed E-state index contributed by atoms with van der Waals surface area (Å²) in [6, 6.07) is 0. The maximum Gasteiger partial charge on any atom is 0.227 e. The van der Waals surface area contributed by atoms with Crippen molar-refractivity contribution in [2.24, 2.45) is 5.92 Å². The zero-order valence-corrected chi connectivity index (χ0v) is 10.4. The van der Waals surface area contributed by atoms with Crippen LogP contribution in [-0.2, 0) is 11.8 Å². The maximum atomic E-state index is 9.92. The van der Waals surface area contributed by atoms with Crippen LogP contribution in [0.15, 0.2) is 4.52 Å². The summed E-state index contributed by atoms with van der Waals surface area (Å²) in [6.45, 7) is 2.18. The van der Waals surface area contributed by atoms with E-state index in [1.807, 2.05) is 0 Å². The van der Waals surface area contributed by atoms with Gasteiger partial charge in [-0.25, -0.2) is 0 Å². The molecule has 0 aliphatic heterocycles. The minimum atomic E-state index is -0.185. The van der Waals surface area contributed by atoms with Gasteiger partial charge in [-0.15, -0.1) is 0 Å². The molecule has 0 saturated heterocycles. The van der Waals surface area contributed by atoms with Crippen LogP contribution in [0.4, 0.5) is 0 Å². The molecule has 2 atom stereocenters. The van der Waals surface area contributed by atoms with Crippen LogP contribution in [0.25, 0.3) is 0 Å². The topological polar surface area (TPSA) is 59.2 Å². The van der Waals surface area contributed by atoms with E-state index in [1.54, 1.807) is 0 Å². The van der Waals surface area contributed by atoms with E-state index < -0.39 is 0 Å². The van der Waals surface area contributed by atoms with Crippen molar-refractivity contribution in [1.82, 2.24) is 10.1 Å². The van der Waals surface area contributed by atoms with E-state index in [4.69, 9.17) is 4.52 Å². The van der Waals surface area contributed by atoms with E-state index in [0.717, 1.165) is 44.3 Å². The van der Waals surface area contributed by atoms with Crippen molar-refractivity contribution >= 4 is 0 Å². The van der Waals surface area contributed by atoms with Crippen molar-refractivity contribution in [3.63, 3.8) is 0 Å². The molecule has 4 nitrogen and oxygen atoms in total. The van der Waals surface area contributed by atoms with Crippen LogP contribution >= 0.6 is 0 Å². The van der Waals surface area contributed by atoms with E-state index in [9.17, 15) is 5.11 Å². The standard InChI is InChI=1S/C13H20N2O2/c1-13(6-7-13)12-14-11(17-15-12)8-9-4-2-3-5-10(9)16/h9-10,16H,2-8H2,1H3. The first kappa shape index (κ1) is 11.2. The monoisotopic (exact) mass is 236 g/mol. The highest BCUT2D eigenvalue weighted by Gasteiger charge is 2.43. The van der Waals surface area contributed by atoms with Gasteiger partial charge >= 0.3 is 0 Å². The average molecular weight is 236 g/mol. The normalized spacial score (nSPS) is 31.4. The minimum Gasteiger partial charge on any atom is -0.393 e. The molecule has 0 bridgehead atoms. The lowest BCUT2D eigenvalue weighted by molar-refractivity contribution is 0.0657. The Balaban J connectivity index is 1.66. The van der Waals surface area contributed by atoms with Gasteiger partial charge in [-0.1, -0.05) is 24.9 Å². The number of aliphatic hydroxyl groups is 1. The molecule has 1 aromatic heterocycles. The Labute approximate surface area is 101 Å². The molecule has 1 heterocycles. The second-order valence-electron chi connectivity index (χ2n) is 5.89. The number of hydrogen-bond donors (Lipinski definition) is 1. The number of rotatable bonds is 3. The van der Waals surface area contributed by atoms with Crippen molar-refractivity contribution < 1.29 is 9.63 Å². The van der Waals surface area contributed by atoms with Gasteiger partial charge in [0.1, 0.15) is 0 Å². The lowest BCUT2D eigenvalue weighted by Crippen LogP contribution is -2.26. The van der Waals surface area contributed by atoms with Crippen molar-refractivity contribution in [2.45, 2.75) is 63.4 Å². The molecular formula is C13H20N2O2. The van der Waals surface area contributed by atoms with E-state index in [1.165, 1.54) is 6.42 Å². The van der Waals surface area contributed by atoms with Gasteiger partial charge in [0, 0.05) is 11.8 Å². The summed E-state index contributed by atoms with van der Waals surface area (Å²) in [5.41, 5.74) is 0.174. The van der Waals surface area contributed by atoms with Crippen LogP contribution in [0, 0.1) is 5.92 Å². The largest absolute Gasteiger partial charge is 0.393 e. The second-order valence-corrected chi connectivity index (χ2v) is 5.89. The Morgan fingerprint density at radius 3 is 2.82 bits per heavy atom. The highest BCUT2D eigenvalue weighted by molar-refractivity contribution is 5.14. The summed E-state index contributed by atoms with van der Waals surface area (Å²) in [4.78, 5) is 4.48. The van der Waals surface area contributed by atoms with Gasteiger partial charge < -0.3 is 9.63 Å². The molecule has 2 aliphatic rings. The average Bonchev–Trinajstić information content (AvgIpc) is 2.90. The maximum absolute atomic E-state index is 9.92. The van der Waals surface area contributed by atoms with Gasteiger partial charge in [-0.2, -0.15) is 4.98 Å². The SMILES string of the molecule is CC1(c2noc(CC3CCCCC3O)n2)CC1. The summed E-state index contributed by atoms with van der Waals surface area (Å²) in [6.07, 6.45) is 7.24. The highest BCUT2D eigenvalue weighted by atomic mass is 16.5. The zero-order chi connectivity index (χ0) is 11.9. The first-order valence-corrected chi connectivity index (χ1v) is 6.68. The quantitative estimate of drug-likeness (QED) is 0.874. The predicted octanol–water partition coefficient (Wildman–Crippen LogP) is 2.21. The first-order valence-electron chi connectivity index (χ1n) is 6.68. The van der Waals surface area contributed by atoms with Gasteiger partial charge in [-0.05, 0) is 31.6 Å². The fourth-order valence-electron chi connectivity index (χ4n) is 2.64. The number of aliphatic hydroxyl groups excluding tert-OH is 1. The number of aromatic nitrogens is 2. The molecular weight excluding hydrogens is 216 g/mol. The van der Waals surface area contributed by atoms with E-state index in [2.05, 4.69) is 17.1 Å². The van der Waals surface area contributed by atoms with E-state index >= 15 is 0 Å². The summed E-state index contributed by atoms with van der Waals surface area (Å²) < 4.78 is 5.31. The molecule has 94 valence electrons. The van der Waals surface area contributed by atoms with Gasteiger partial charge in [0.05, 0.1) is 6.10 Å². The molecule has 2 aliphatic carbocycles. The van der Waals surface area contributed by atoms with Crippen molar-refractivity contribution in [1.29, 1.82) is 0 Å². The molecule has 1 N–H and O–H groups in total. The zero-order valence-electron chi connectivity index (χ0n) is 10.4. The molecule has 0 radical (unpaired) electrons. The molecule has 0 aromatic carbocycles. The van der Waals surface area contributed by atoms with Crippen molar-refractivity contribution in [2.75, 3.05) is 0 Å². The Kier molecular flexibility index (Phi) is 2.69. The Bertz CT molecular complexity index is 398. The third-order valence-electron chi connectivity index (χ3n) is 4.31. The summed E-state index contributed by atoms with van der Waals surface area (Å²) >= 11 is 0. The molecule has 2 fully saturated rings. The molecule has 0 spiro atoms. The Morgan fingerprint density at radius 1 is 1.35 bits per heavy atom. The molecule has 17 heavy (non-hydrogen) atoms. The summed E-state index contributed by atoms with van der Waals surface area (Å²) in [7, 11) is 0.